The zero-order valence-corrected chi connectivity index (χ0v) is 9.49. The van der Waals surface area contributed by atoms with E-state index in [0.717, 1.165) is 6.54 Å². The highest BCUT2D eigenvalue weighted by molar-refractivity contribution is 5.56. The highest BCUT2D eigenvalue weighted by Gasteiger charge is 2.11. The summed E-state index contributed by atoms with van der Waals surface area (Å²) in [4.78, 5) is 6.44. The van der Waals surface area contributed by atoms with Crippen molar-refractivity contribution in [1.82, 2.24) is 4.90 Å². The Morgan fingerprint density at radius 3 is 2.31 bits per heavy atom. The Morgan fingerprint density at radius 1 is 1.31 bits per heavy atom. The molecule has 2 heteroatoms. The first-order valence-electron chi connectivity index (χ1n) is 5.03. The normalized spacial score (nSPS) is 14.6. The van der Waals surface area contributed by atoms with Gasteiger partial charge >= 0.3 is 0 Å². The van der Waals surface area contributed by atoms with Crippen LogP contribution in [0.25, 0.3) is 0 Å². The van der Waals surface area contributed by atoms with Crippen LogP contribution in [0.3, 0.4) is 0 Å². The fraction of sp³-hybridized carbons (Fsp3) is 0.727. The van der Waals surface area contributed by atoms with Crippen LogP contribution in [0.2, 0.25) is 0 Å². The molecule has 0 saturated carbocycles. The Kier molecular flexibility index (Phi) is 6.29. The lowest BCUT2D eigenvalue weighted by Crippen LogP contribution is -2.35. The van der Waals surface area contributed by atoms with Gasteiger partial charge in [0.05, 0.1) is 6.34 Å². The van der Waals surface area contributed by atoms with Crippen molar-refractivity contribution in [1.29, 1.82) is 0 Å². The molecule has 0 aliphatic heterocycles. The van der Waals surface area contributed by atoms with E-state index >= 15 is 0 Å². The van der Waals surface area contributed by atoms with E-state index in [1.54, 1.807) is 0 Å². The molecule has 0 unspecified atom stereocenters. The van der Waals surface area contributed by atoms with Crippen molar-refractivity contribution in [3.63, 3.8) is 0 Å². The van der Waals surface area contributed by atoms with Crippen molar-refractivity contribution in [2.45, 2.75) is 40.7 Å². The second-order valence-corrected chi connectivity index (χ2v) is 3.56. The van der Waals surface area contributed by atoms with Gasteiger partial charge in [-0.1, -0.05) is 19.9 Å². The third-order valence-corrected chi connectivity index (χ3v) is 2.30. The second kappa shape index (κ2) is 6.70. The summed E-state index contributed by atoms with van der Waals surface area (Å²) in [7, 11) is 0. The molecule has 0 aromatic rings. The van der Waals surface area contributed by atoms with Gasteiger partial charge in [-0.25, -0.2) is 4.99 Å². The molecule has 0 rings (SSSR count). The maximum absolute atomic E-state index is 4.18. The Hall–Kier alpha value is -0.790. The smallest absolute Gasteiger partial charge is 0.0907 e. The van der Waals surface area contributed by atoms with Crippen LogP contribution in [0.4, 0.5) is 0 Å². The van der Waals surface area contributed by atoms with Crippen LogP contribution in [-0.2, 0) is 0 Å². The fourth-order valence-electron chi connectivity index (χ4n) is 1.07. The molecule has 76 valence electrons. The largest absolute Gasteiger partial charge is 0.360 e. The molecule has 0 aromatic carbocycles. The second-order valence-electron chi connectivity index (χ2n) is 3.56. The summed E-state index contributed by atoms with van der Waals surface area (Å²) in [5.74, 6) is 0.664. The molecule has 0 saturated heterocycles. The average Bonchev–Trinajstić information content (AvgIpc) is 2.11. The van der Waals surface area contributed by atoms with Crippen molar-refractivity contribution < 1.29 is 0 Å². The predicted molar refractivity (Wildman–Crippen MR) is 60.0 cm³/mol. The first-order valence-corrected chi connectivity index (χ1v) is 5.03. The number of hydrogen-bond donors (Lipinski definition) is 0. The highest BCUT2D eigenvalue weighted by atomic mass is 15.2. The van der Waals surface area contributed by atoms with Crippen molar-refractivity contribution in [3.05, 3.63) is 12.3 Å². The van der Waals surface area contributed by atoms with E-state index in [9.17, 15) is 0 Å². The molecule has 0 radical (unpaired) electrons. The topological polar surface area (TPSA) is 15.6 Å². The zero-order valence-electron chi connectivity index (χ0n) is 9.49. The van der Waals surface area contributed by atoms with Crippen LogP contribution in [0.5, 0.6) is 0 Å². The highest BCUT2D eigenvalue weighted by Crippen LogP contribution is 2.07. The lowest BCUT2D eigenvalue weighted by atomic mass is 10.1. The molecule has 13 heavy (non-hydrogen) atoms. The maximum Gasteiger partial charge on any atom is 0.0907 e. The molecule has 0 heterocycles. The third-order valence-electron chi connectivity index (χ3n) is 2.30. The van der Waals surface area contributed by atoms with Crippen LogP contribution >= 0.6 is 0 Å². The number of nitrogens with zero attached hydrogens (tertiary/aromatic N) is 2. The van der Waals surface area contributed by atoms with Crippen LogP contribution < -0.4 is 0 Å². The summed E-state index contributed by atoms with van der Waals surface area (Å²) in [6, 6.07) is 0.555. The molecule has 2 nitrogen and oxygen atoms in total. The summed E-state index contributed by atoms with van der Waals surface area (Å²) in [6.07, 6.45) is 5.67. The first-order chi connectivity index (χ1) is 6.13. The zero-order chi connectivity index (χ0) is 10.3. The lowest BCUT2D eigenvalue weighted by molar-refractivity contribution is 0.284. The lowest BCUT2D eigenvalue weighted by Gasteiger charge is -2.28. The minimum absolute atomic E-state index is 0.555. The molecule has 0 fully saturated rings. The average molecular weight is 182 g/mol. The van der Waals surface area contributed by atoms with Gasteiger partial charge in [0.15, 0.2) is 0 Å². The Balaban J connectivity index is 4.16. The van der Waals surface area contributed by atoms with E-state index in [0.29, 0.717) is 12.0 Å². The standard InChI is InChI=1S/C11H22N2/c1-6-8-12-9-13(7-2)11(5)10(3)4/h6,8-11H,7H2,1-5H3/b8-6+,12-9?/t11-/m1/s1. The summed E-state index contributed by atoms with van der Waals surface area (Å²) in [6.45, 7) is 11.8. The summed E-state index contributed by atoms with van der Waals surface area (Å²) in [5, 5.41) is 0. The molecule has 0 aliphatic carbocycles. The fourth-order valence-corrected chi connectivity index (χ4v) is 1.07. The first kappa shape index (κ1) is 12.2. The number of allylic oxidation sites excluding steroid dienone is 1. The Bertz CT molecular complexity index is 171. The van der Waals surface area contributed by atoms with Crippen molar-refractivity contribution in [2.75, 3.05) is 6.54 Å². The van der Waals surface area contributed by atoms with Gasteiger partial charge in [0.25, 0.3) is 0 Å². The van der Waals surface area contributed by atoms with Gasteiger partial charge in [-0.3, -0.25) is 0 Å². The molecule has 0 aliphatic rings. The van der Waals surface area contributed by atoms with Gasteiger partial charge in [-0.2, -0.15) is 0 Å². The Morgan fingerprint density at radius 2 is 1.92 bits per heavy atom. The molecule has 1 atom stereocenters. The Labute approximate surface area is 82.4 Å². The summed E-state index contributed by atoms with van der Waals surface area (Å²) < 4.78 is 0. The van der Waals surface area contributed by atoms with E-state index < -0.39 is 0 Å². The molecule has 0 aromatic heterocycles. The molecule has 0 spiro atoms. The molecular weight excluding hydrogens is 160 g/mol. The van der Waals surface area contributed by atoms with Crippen LogP contribution in [-0.4, -0.2) is 23.8 Å². The maximum atomic E-state index is 4.18. The summed E-state index contributed by atoms with van der Waals surface area (Å²) >= 11 is 0. The van der Waals surface area contributed by atoms with Crippen LogP contribution in [0, 0.1) is 5.92 Å². The number of hydrogen-bond acceptors (Lipinski definition) is 1. The van der Waals surface area contributed by atoms with Gasteiger partial charge in [-0.15, -0.1) is 0 Å². The molecule has 0 bridgehead atoms. The van der Waals surface area contributed by atoms with Gasteiger partial charge in [0.2, 0.25) is 0 Å². The van der Waals surface area contributed by atoms with Crippen molar-refractivity contribution in [3.8, 4) is 0 Å². The third kappa shape index (κ3) is 4.71. The van der Waals surface area contributed by atoms with Crippen LogP contribution in [0.15, 0.2) is 17.3 Å². The predicted octanol–water partition coefficient (Wildman–Crippen LogP) is 2.91. The van der Waals surface area contributed by atoms with E-state index in [1.165, 1.54) is 0 Å². The van der Waals surface area contributed by atoms with Gasteiger partial charge in [-0.05, 0) is 26.7 Å². The molecule has 0 amide bonds. The minimum atomic E-state index is 0.555. The van der Waals surface area contributed by atoms with Gasteiger partial charge in [0.1, 0.15) is 0 Å². The van der Waals surface area contributed by atoms with E-state index in [4.69, 9.17) is 0 Å². The SMILES string of the molecule is C/C=C/N=CN(CC)[C@H](C)C(C)C. The molecular formula is C11H22N2. The van der Waals surface area contributed by atoms with Gasteiger partial charge < -0.3 is 4.90 Å². The molecule has 0 N–H and O–H groups in total. The minimum Gasteiger partial charge on any atom is -0.360 e. The van der Waals surface area contributed by atoms with Crippen LogP contribution in [0.1, 0.15) is 34.6 Å². The van der Waals surface area contributed by atoms with Crippen molar-refractivity contribution in [2.24, 2.45) is 10.9 Å². The van der Waals surface area contributed by atoms with Crippen molar-refractivity contribution >= 4 is 6.34 Å². The summed E-state index contributed by atoms with van der Waals surface area (Å²) in [5.41, 5.74) is 0. The van der Waals surface area contributed by atoms with E-state index in [1.807, 2.05) is 25.5 Å². The number of aliphatic imine (C=N–C) groups is 1. The van der Waals surface area contributed by atoms with E-state index in [2.05, 4.69) is 37.6 Å². The quantitative estimate of drug-likeness (QED) is 0.471. The monoisotopic (exact) mass is 182 g/mol. The number of rotatable bonds is 5. The van der Waals surface area contributed by atoms with E-state index in [-0.39, 0.29) is 0 Å². The van der Waals surface area contributed by atoms with Gasteiger partial charge in [0, 0.05) is 18.8 Å².